The summed E-state index contributed by atoms with van der Waals surface area (Å²) in [4.78, 5) is 4.68. The molecule has 134 valence electrons. The Morgan fingerprint density at radius 2 is 2.16 bits per heavy atom. The maximum absolute atomic E-state index is 12.9. The maximum Gasteiger partial charge on any atom is 0.243 e. The Bertz CT molecular complexity index is 829. The van der Waals surface area contributed by atoms with Crippen LogP contribution in [0.5, 0.6) is 5.75 Å². The maximum atomic E-state index is 12.9. The molecule has 25 heavy (non-hydrogen) atoms. The number of piperidine rings is 1. The van der Waals surface area contributed by atoms with E-state index in [1.807, 2.05) is 11.6 Å². The van der Waals surface area contributed by atoms with Crippen molar-refractivity contribution >= 4 is 33.1 Å². The first kappa shape index (κ1) is 17.3. The van der Waals surface area contributed by atoms with E-state index >= 15 is 0 Å². The number of hydrogen-bond donors (Lipinski definition) is 0. The normalized spacial score (nSPS) is 18.9. The molecule has 0 radical (unpaired) electrons. The molecule has 2 aliphatic heterocycles. The molecule has 3 heterocycles. The fourth-order valence-corrected chi connectivity index (χ4v) is 6.63. The average molecular weight is 397 g/mol. The van der Waals surface area contributed by atoms with Crippen LogP contribution in [0, 0.1) is 5.92 Å². The molecule has 2 aromatic rings. The zero-order valence-corrected chi connectivity index (χ0v) is 16.2. The van der Waals surface area contributed by atoms with Gasteiger partial charge in [-0.1, -0.05) is 11.8 Å². The van der Waals surface area contributed by atoms with Gasteiger partial charge < -0.3 is 4.74 Å². The minimum absolute atomic E-state index is 0.396. The van der Waals surface area contributed by atoms with Crippen LogP contribution in [-0.2, 0) is 16.4 Å². The lowest BCUT2D eigenvalue weighted by atomic mass is 10.0. The molecule has 1 fully saturated rings. The quantitative estimate of drug-likeness (QED) is 0.726. The lowest BCUT2D eigenvalue weighted by Gasteiger charge is -2.31. The van der Waals surface area contributed by atoms with Gasteiger partial charge >= 0.3 is 0 Å². The van der Waals surface area contributed by atoms with Gasteiger partial charge in [0.2, 0.25) is 10.0 Å². The molecule has 1 aromatic carbocycles. The van der Waals surface area contributed by atoms with E-state index in [-0.39, 0.29) is 0 Å². The number of hydrogen-bond acceptors (Lipinski definition) is 6. The monoisotopic (exact) mass is 396 g/mol. The second-order valence-corrected chi connectivity index (χ2v) is 10.4. The Hall–Kier alpha value is -1.09. The van der Waals surface area contributed by atoms with Crippen LogP contribution in [0.1, 0.15) is 18.4 Å². The van der Waals surface area contributed by atoms with Crippen molar-refractivity contribution < 1.29 is 13.2 Å². The molecule has 0 spiro atoms. The van der Waals surface area contributed by atoms with Crippen molar-refractivity contribution in [1.29, 1.82) is 0 Å². The molecule has 0 bridgehead atoms. The SMILES string of the molecule is O=S(=O)(c1ccc2c(c1)CCO2)N1CCC(CSc2nccs2)CC1. The second-order valence-electron chi connectivity index (χ2n) is 6.32. The number of ether oxygens (including phenoxy) is 1. The Balaban J connectivity index is 1.38. The molecule has 0 unspecified atom stereocenters. The molecule has 0 saturated carbocycles. The summed E-state index contributed by atoms with van der Waals surface area (Å²) in [5.41, 5.74) is 0.996. The number of sulfonamides is 1. The van der Waals surface area contributed by atoms with Gasteiger partial charge in [0.25, 0.3) is 0 Å². The largest absolute Gasteiger partial charge is 0.493 e. The first-order chi connectivity index (χ1) is 12.1. The minimum Gasteiger partial charge on any atom is -0.493 e. The van der Waals surface area contributed by atoms with Crippen LogP contribution < -0.4 is 4.74 Å². The summed E-state index contributed by atoms with van der Waals surface area (Å²) in [7, 11) is -3.40. The number of nitrogens with zero attached hydrogens (tertiary/aromatic N) is 2. The molecular weight excluding hydrogens is 376 g/mol. The molecule has 5 nitrogen and oxygen atoms in total. The first-order valence-corrected chi connectivity index (χ1v) is 11.7. The summed E-state index contributed by atoms with van der Waals surface area (Å²) >= 11 is 3.44. The third kappa shape index (κ3) is 3.72. The third-order valence-corrected chi connectivity index (χ3v) is 8.82. The molecule has 1 saturated heterocycles. The number of thioether (sulfide) groups is 1. The van der Waals surface area contributed by atoms with Crippen LogP contribution in [-0.4, -0.2) is 43.2 Å². The van der Waals surface area contributed by atoms with E-state index in [9.17, 15) is 8.42 Å². The van der Waals surface area contributed by atoms with Gasteiger partial charge in [-0.15, -0.1) is 11.3 Å². The summed E-state index contributed by atoms with van der Waals surface area (Å²) in [6, 6.07) is 5.23. The van der Waals surface area contributed by atoms with Gasteiger partial charge in [-0.25, -0.2) is 13.4 Å². The fraction of sp³-hybridized carbons (Fsp3) is 0.471. The van der Waals surface area contributed by atoms with Gasteiger partial charge in [0, 0.05) is 36.8 Å². The number of aromatic nitrogens is 1. The average Bonchev–Trinajstić information content (AvgIpc) is 3.31. The second kappa shape index (κ2) is 7.26. The highest BCUT2D eigenvalue weighted by atomic mass is 32.2. The van der Waals surface area contributed by atoms with E-state index in [1.54, 1.807) is 45.6 Å². The third-order valence-electron chi connectivity index (χ3n) is 4.72. The summed E-state index contributed by atoms with van der Waals surface area (Å²) in [6.07, 6.45) is 4.43. The van der Waals surface area contributed by atoms with Crippen LogP contribution in [0.25, 0.3) is 0 Å². The predicted molar refractivity (Wildman–Crippen MR) is 100.0 cm³/mol. The van der Waals surface area contributed by atoms with Crippen molar-refractivity contribution in [2.75, 3.05) is 25.4 Å². The van der Waals surface area contributed by atoms with E-state index in [0.29, 0.717) is 30.5 Å². The van der Waals surface area contributed by atoms with Gasteiger partial charge in [-0.3, -0.25) is 0 Å². The Morgan fingerprint density at radius 1 is 1.32 bits per heavy atom. The van der Waals surface area contributed by atoms with Crippen molar-refractivity contribution in [3.8, 4) is 5.75 Å². The van der Waals surface area contributed by atoms with E-state index in [1.165, 1.54) is 0 Å². The van der Waals surface area contributed by atoms with Crippen molar-refractivity contribution in [2.45, 2.75) is 28.5 Å². The zero-order chi connectivity index (χ0) is 17.3. The molecule has 0 aliphatic carbocycles. The predicted octanol–water partition coefficient (Wildman–Crippen LogP) is 3.27. The Kier molecular flexibility index (Phi) is 5.04. The highest BCUT2D eigenvalue weighted by Gasteiger charge is 2.30. The lowest BCUT2D eigenvalue weighted by molar-refractivity contribution is 0.291. The number of fused-ring (bicyclic) bond motifs is 1. The van der Waals surface area contributed by atoms with Crippen LogP contribution in [0.15, 0.2) is 39.0 Å². The summed E-state index contributed by atoms with van der Waals surface area (Å²) < 4.78 is 34.0. The zero-order valence-electron chi connectivity index (χ0n) is 13.8. The number of rotatable bonds is 5. The Morgan fingerprint density at radius 3 is 2.92 bits per heavy atom. The van der Waals surface area contributed by atoms with E-state index in [2.05, 4.69) is 4.98 Å². The van der Waals surface area contributed by atoms with E-state index in [4.69, 9.17) is 4.74 Å². The van der Waals surface area contributed by atoms with Crippen LogP contribution in [0.2, 0.25) is 0 Å². The molecule has 0 N–H and O–H groups in total. The van der Waals surface area contributed by atoms with Crippen molar-refractivity contribution in [3.05, 3.63) is 35.3 Å². The van der Waals surface area contributed by atoms with Crippen LogP contribution >= 0.6 is 23.1 Å². The topological polar surface area (TPSA) is 59.5 Å². The van der Waals surface area contributed by atoms with E-state index < -0.39 is 10.0 Å². The van der Waals surface area contributed by atoms with Gasteiger partial charge in [0.15, 0.2) is 0 Å². The fourth-order valence-electron chi connectivity index (χ4n) is 3.26. The molecule has 0 atom stereocenters. The highest BCUT2D eigenvalue weighted by Crippen LogP contribution is 2.32. The molecule has 2 aliphatic rings. The summed E-state index contributed by atoms with van der Waals surface area (Å²) in [6.45, 7) is 1.83. The summed E-state index contributed by atoms with van der Waals surface area (Å²) in [5, 5.41) is 1.99. The van der Waals surface area contributed by atoms with Crippen molar-refractivity contribution in [2.24, 2.45) is 5.92 Å². The molecule has 8 heteroatoms. The smallest absolute Gasteiger partial charge is 0.243 e. The highest BCUT2D eigenvalue weighted by molar-refractivity contribution is 8.01. The standard InChI is InChI=1S/C17H20N2O3S3/c20-25(21,15-1-2-16-14(11-15)5-9-22-16)19-7-3-13(4-8-19)12-24-17-18-6-10-23-17/h1-2,6,10-11,13H,3-5,7-9,12H2. The minimum atomic E-state index is -3.40. The number of thiazole rings is 1. The van der Waals surface area contributed by atoms with Crippen LogP contribution in [0.3, 0.4) is 0 Å². The summed E-state index contributed by atoms with van der Waals surface area (Å²) in [5.74, 6) is 2.38. The Labute approximate surface area is 156 Å². The van der Waals surface area contributed by atoms with Gasteiger partial charge in [0.1, 0.15) is 10.1 Å². The lowest BCUT2D eigenvalue weighted by Crippen LogP contribution is -2.38. The van der Waals surface area contributed by atoms with Gasteiger partial charge in [-0.05, 0) is 42.5 Å². The first-order valence-electron chi connectivity index (χ1n) is 8.41. The van der Waals surface area contributed by atoms with Gasteiger partial charge in [-0.2, -0.15) is 4.31 Å². The molecule has 0 amide bonds. The van der Waals surface area contributed by atoms with E-state index in [0.717, 1.165) is 40.7 Å². The van der Waals surface area contributed by atoms with Crippen LogP contribution in [0.4, 0.5) is 0 Å². The van der Waals surface area contributed by atoms with Gasteiger partial charge in [0.05, 0.1) is 11.5 Å². The molecule has 4 rings (SSSR count). The number of benzene rings is 1. The molecular formula is C17H20N2O3S3. The van der Waals surface area contributed by atoms with Crippen molar-refractivity contribution in [1.82, 2.24) is 9.29 Å². The van der Waals surface area contributed by atoms with Crippen molar-refractivity contribution in [3.63, 3.8) is 0 Å². The molecule has 1 aromatic heterocycles.